The van der Waals surface area contributed by atoms with Crippen LogP contribution >= 0.6 is 0 Å². The van der Waals surface area contributed by atoms with Crippen molar-refractivity contribution in [2.24, 2.45) is 5.92 Å². The first-order chi connectivity index (χ1) is 13.4. The van der Waals surface area contributed by atoms with E-state index in [0.29, 0.717) is 13.1 Å². The van der Waals surface area contributed by atoms with Crippen LogP contribution in [0, 0.1) is 5.92 Å². The first kappa shape index (κ1) is 19.3. The van der Waals surface area contributed by atoms with Crippen LogP contribution in [0.25, 0.3) is 0 Å². The SMILES string of the molecule is O=C(c1cn(C[C@@H]2CC(F)(F)CN2C(=O)C2CCCCC2)nn1)N1CCCC1. The molecule has 1 saturated carbocycles. The van der Waals surface area contributed by atoms with E-state index < -0.39 is 18.5 Å². The topological polar surface area (TPSA) is 71.3 Å². The van der Waals surface area contributed by atoms with Gasteiger partial charge in [-0.05, 0) is 25.7 Å². The molecule has 9 heteroatoms. The maximum atomic E-state index is 14.1. The number of halogens is 2. The number of carbonyl (C=O) groups is 2. The molecule has 0 aromatic carbocycles. The van der Waals surface area contributed by atoms with Gasteiger partial charge in [-0.2, -0.15) is 0 Å². The van der Waals surface area contributed by atoms with Crippen molar-refractivity contribution in [3.8, 4) is 0 Å². The molecular formula is C19H27F2N5O2. The highest BCUT2D eigenvalue weighted by molar-refractivity contribution is 5.92. The van der Waals surface area contributed by atoms with Gasteiger partial charge >= 0.3 is 0 Å². The Morgan fingerprint density at radius 1 is 1.11 bits per heavy atom. The van der Waals surface area contributed by atoms with Gasteiger partial charge in [0, 0.05) is 25.4 Å². The third-order valence-electron chi connectivity index (χ3n) is 6.16. The maximum Gasteiger partial charge on any atom is 0.276 e. The third-order valence-corrected chi connectivity index (χ3v) is 6.16. The summed E-state index contributed by atoms with van der Waals surface area (Å²) in [5.74, 6) is -3.36. The Hall–Kier alpha value is -2.06. The molecule has 1 aromatic rings. The van der Waals surface area contributed by atoms with Crippen LogP contribution in [0.1, 0.15) is 61.9 Å². The Morgan fingerprint density at radius 3 is 2.54 bits per heavy atom. The second kappa shape index (κ2) is 7.75. The zero-order chi connectivity index (χ0) is 19.7. The van der Waals surface area contributed by atoms with Crippen LogP contribution in [0.4, 0.5) is 8.78 Å². The van der Waals surface area contributed by atoms with Crippen molar-refractivity contribution >= 4 is 11.8 Å². The smallest absolute Gasteiger partial charge is 0.276 e. The van der Waals surface area contributed by atoms with Crippen molar-refractivity contribution in [3.63, 3.8) is 0 Å². The maximum absolute atomic E-state index is 14.1. The Kier molecular flexibility index (Phi) is 5.33. The van der Waals surface area contributed by atoms with Crippen molar-refractivity contribution in [1.82, 2.24) is 24.8 Å². The van der Waals surface area contributed by atoms with Crippen LogP contribution in [0.15, 0.2) is 6.20 Å². The summed E-state index contributed by atoms with van der Waals surface area (Å²) in [6.07, 6.45) is 7.74. The fraction of sp³-hybridized carbons (Fsp3) is 0.789. The number of carbonyl (C=O) groups excluding carboxylic acids is 2. The molecule has 1 atom stereocenters. The molecule has 4 rings (SSSR count). The number of hydrogen-bond donors (Lipinski definition) is 0. The monoisotopic (exact) mass is 395 g/mol. The van der Waals surface area contributed by atoms with Crippen molar-refractivity contribution in [3.05, 3.63) is 11.9 Å². The first-order valence-electron chi connectivity index (χ1n) is 10.3. The van der Waals surface area contributed by atoms with Crippen LogP contribution < -0.4 is 0 Å². The van der Waals surface area contributed by atoms with Crippen LogP contribution in [0.5, 0.6) is 0 Å². The second-order valence-corrected chi connectivity index (χ2v) is 8.34. The summed E-state index contributed by atoms with van der Waals surface area (Å²) in [5, 5.41) is 7.89. The highest BCUT2D eigenvalue weighted by Crippen LogP contribution is 2.36. The molecule has 2 aliphatic heterocycles. The molecule has 0 N–H and O–H groups in total. The molecule has 0 unspecified atom stereocenters. The van der Waals surface area contributed by atoms with Gasteiger partial charge in [-0.1, -0.05) is 24.5 Å². The van der Waals surface area contributed by atoms with Gasteiger partial charge in [0.15, 0.2) is 5.69 Å². The van der Waals surface area contributed by atoms with E-state index in [0.717, 1.165) is 44.9 Å². The lowest BCUT2D eigenvalue weighted by Gasteiger charge is -2.30. The standard InChI is InChI=1S/C19H27F2N5O2/c20-19(21)10-15(26(13-19)17(27)14-6-2-1-3-7-14)11-25-12-16(22-23-25)18(28)24-8-4-5-9-24/h12,14-15H,1-11,13H2/t15-/m0/s1. The average molecular weight is 395 g/mol. The molecule has 3 fully saturated rings. The predicted octanol–water partition coefficient (Wildman–Crippen LogP) is 2.33. The van der Waals surface area contributed by atoms with Gasteiger partial charge in [-0.25, -0.2) is 13.5 Å². The number of alkyl halides is 2. The lowest BCUT2D eigenvalue weighted by molar-refractivity contribution is -0.138. The molecule has 2 amide bonds. The molecule has 2 saturated heterocycles. The molecule has 0 radical (unpaired) electrons. The molecule has 1 aliphatic carbocycles. The van der Waals surface area contributed by atoms with E-state index in [1.54, 1.807) is 4.90 Å². The molecule has 3 heterocycles. The highest BCUT2D eigenvalue weighted by Gasteiger charge is 2.48. The Balaban J connectivity index is 1.44. The zero-order valence-electron chi connectivity index (χ0n) is 16.0. The van der Waals surface area contributed by atoms with Crippen molar-refractivity contribution < 1.29 is 18.4 Å². The van der Waals surface area contributed by atoms with Crippen molar-refractivity contribution in [1.29, 1.82) is 0 Å². The number of aromatic nitrogens is 3. The second-order valence-electron chi connectivity index (χ2n) is 8.34. The van der Waals surface area contributed by atoms with E-state index in [4.69, 9.17) is 0 Å². The Morgan fingerprint density at radius 2 is 1.82 bits per heavy atom. The molecule has 0 spiro atoms. The summed E-state index contributed by atoms with van der Waals surface area (Å²) < 4.78 is 29.7. The van der Waals surface area contributed by atoms with Gasteiger partial charge in [0.1, 0.15) is 0 Å². The summed E-state index contributed by atoms with van der Waals surface area (Å²) in [4.78, 5) is 28.3. The molecule has 0 bridgehead atoms. The minimum absolute atomic E-state index is 0.133. The predicted molar refractivity (Wildman–Crippen MR) is 96.8 cm³/mol. The Labute approximate surface area is 163 Å². The van der Waals surface area contributed by atoms with Crippen molar-refractivity contribution in [2.45, 2.75) is 69.9 Å². The van der Waals surface area contributed by atoms with Crippen LogP contribution in [0.2, 0.25) is 0 Å². The van der Waals surface area contributed by atoms with E-state index in [9.17, 15) is 18.4 Å². The van der Waals surface area contributed by atoms with E-state index in [2.05, 4.69) is 10.3 Å². The van der Waals surface area contributed by atoms with Crippen LogP contribution in [-0.2, 0) is 11.3 Å². The minimum atomic E-state index is -2.89. The summed E-state index contributed by atoms with van der Waals surface area (Å²) in [7, 11) is 0. The fourth-order valence-corrected chi connectivity index (χ4v) is 4.69. The molecule has 28 heavy (non-hydrogen) atoms. The van der Waals surface area contributed by atoms with Gasteiger partial charge < -0.3 is 9.80 Å². The molecule has 154 valence electrons. The quantitative estimate of drug-likeness (QED) is 0.785. The summed E-state index contributed by atoms with van der Waals surface area (Å²) in [6.45, 7) is 1.03. The summed E-state index contributed by atoms with van der Waals surface area (Å²) in [5.41, 5.74) is 0.233. The number of rotatable bonds is 4. The Bertz CT molecular complexity index is 726. The lowest BCUT2D eigenvalue weighted by atomic mass is 9.88. The van der Waals surface area contributed by atoms with E-state index in [-0.39, 0.29) is 36.4 Å². The zero-order valence-corrected chi connectivity index (χ0v) is 16.0. The first-order valence-corrected chi connectivity index (χ1v) is 10.3. The lowest BCUT2D eigenvalue weighted by Crippen LogP contribution is -2.42. The number of hydrogen-bond acceptors (Lipinski definition) is 4. The van der Waals surface area contributed by atoms with Gasteiger partial charge in [-0.15, -0.1) is 5.10 Å². The molecular weight excluding hydrogens is 368 g/mol. The third kappa shape index (κ3) is 4.03. The number of amides is 2. The average Bonchev–Trinajstić information content (AvgIpc) is 3.42. The molecule has 1 aromatic heterocycles. The van der Waals surface area contributed by atoms with E-state index in [1.165, 1.54) is 15.8 Å². The van der Waals surface area contributed by atoms with Crippen molar-refractivity contribution in [2.75, 3.05) is 19.6 Å². The molecule has 3 aliphatic rings. The molecule has 7 nitrogen and oxygen atoms in total. The number of nitrogens with zero attached hydrogens (tertiary/aromatic N) is 5. The summed E-state index contributed by atoms with van der Waals surface area (Å²) >= 11 is 0. The number of likely N-dealkylation sites (tertiary alicyclic amines) is 2. The van der Waals surface area contributed by atoms with Crippen LogP contribution in [0.3, 0.4) is 0 Å². The summed E-state index contributed by atoms with van der Waals surface area (Å²) in [6, 6.07) is -0.624. The minimum Gasteiger partial charge on any atom is -0.337 e. The van der Waals surface area contributed by atoms with Gasteiger partial charge in [0.25, 0.3) is 11.8 Å². The normalized spacial score (nSPS) is 25.4. The van der Waals surface area contributed by atoms with E-state index in [1.807, 2.05) is 0 Å². The van der Waals surface area contributed by atoms with Gasteiger partial charge in [-0.3, -0.25) is 9.59 Å². The van der Waals surface area contributed by atoms with Gasteiger partial charge in [0.2, 0.25) is 5.91 Å². The largest absolute Gasteiger partial charge is 0.337 e. The van der Waals surface area contributed by atoms with E-state index >= 15 is 0 Å². The van der Waals surface area contributed by atoms with Crippen LogP contribution in [-0.4, -0.2) is 68.2 Å². The fourth-order valence-electron chi connectivity index (χ4n) is 4.69. The highest BCUT2D eigenvalue weighted by atomic mass is 19.3. The van der Waals surface area contributed by atoms with Gasteiger partial charge in [0.05, 0.1) is 25.3 Å².